The summed E-state index contributed by atoms with van der Waals surface area (Å²) < 4.78 is 54.9. The van der Waals surface area contributed by atoms with Gasteiger partial charge in [0.15, 0.2) is 0 Å². The summed E-state index contributed by atoms with van der Waals surface area (Å²) in [7, 11) is -7.18. The van der Waals surface area contributed by atoms with Gasteiger partial charge in [-0.3, -0.25) is 0 Å². The topological polar surface area (TPSA) is 83.6 Å². The van der Waals surface area contributed by atoms with Crippen LogP contribution in [0.2, 0.25) is 5.02 Å². The highest BCUT2D eigenvalue weighted by molar-refractivity contribution is 7.91. The van der Waals surface area contributed by atoms with Gasteiger partial charge in [0, 0.05) is 24.2 Å². The van der Waals surface area contributed by atoms with Crippen molar-refractivity contribution in [3.63, 3.8) is 0 Å². The first-order valence-electron chi connectivity index (χ1n) is 8.61. The fourth-order valence-electron chi connectivity index (χ4n) is 3.16. The molecule has 1 atom stereocenters. The van der Waals surface area contributed by atoms with E-state index in [4.69, 9.17) is 11.6 Å². The Balaban J connectivity index is 1.66. The number of nitrogens with zero attached hydrogens (tertiary/aromatic N) is 1. The molecular formula is C17H21ClN2O4S3. The van der Waals surface area contributed by atoms with E-state index in [1.807, 2.05) is 0 Å². The van der Waals surface area contributed by atoms with Gasteiger partial charge in [-0.25, -0.2) is 21.6 Å². The van der Waals surface area contributed by atoms with Crippen molar-refractivity contribution in [1.29, 1.82) is 0 Å². The minimum atomic E-state index is -3.65. The van der Waals surface area contributed by atoms with E-state index in [1.165, 1.54) is 39.9 Å². The molecule has 1 aliphatic rings. The molecule has 1 aliphatic heterocycles. The molecule has 0 radical (unpaired) electrons. The van der Waals surface area contributed by atoms with Crippen molar-refractivity contribution in [2.45, 2.75) is 40.8 Å². The van der Waals surface area contributed by atoms with Gasteiger partial charge in [-0.2, -0.15) is 4.31 Å². The number of thiophene rings is 1. The summed E-state index contributed by atoms with van der Waals surface area (Å²) >= 11 is 6.99. The molecule has 27 heavy (non-hydrogen) atoms. The highest BCUT2D eigenvalue weighted by Crippen LogP contribution is 2.29. The van der Waals surface area contributed by atoms with Crippen LogP contribution >= 0.6 is 22.9 Å². The molecule has 2 aromatic rings. The molecular weight excluding hydrogens is 428 g/mol. The average molecular weight is 449 g/mol. The number of hydrogen-bond donors (Lipinski definition) is 1. The maximum absolute atomic E-state index is 12.9. The maximum atomic E-state index is 12.9. The molecule has 1 fully saturated rings. The third kappa shape index (κ3) is 4.90. The van der Waals surface area contributed by atoms with Gasteiger partial charge in [-0.15, -0.1) is 11.3 Å². The van der Waals surface area contributed by atoms with E-state index < -0.39 is 20.0 Å². The van der Waals surface area contributed by atoms with Crippen LogP contribution in [0.3, 0.4) is 0 Å². The molecule has 0 amide bonds. The molecule has 0 bridgehead atoms. The van der Waals surface area contributed by atoms with E-state index in [2.05, 4.69) is 4.72 Å². The Morgan fingerprint density at radius 2 is 1.85 bits per heavy atom. The number of piperidine rings is 1. The van der Waals surface area contributed by atoms with Gasteiger partial charge in [-0.1, -0.05) is 24.1 Å². The van der Waals surface area contributed by atoms with Gasteiger partial charge in [0.05, 0.1) is 4.90 Å². The monoisotopic (exact) mass is 448 g/mol. The van der Waals surface area contributed by atoms with Crippen LogP contribution in [0.5, 0.6) is 0 Å². The Bertz CT molecular complexity index is 958. The number of sulfonamides is 2. The molecule has 1 N–H and O–H groups in total. The summed E-state index contributed by atoms with van der Waals surface area (Å²) in [5.41, 5.74) is 0. The molecule has 0 aliphatic carbocycles. The van der Waals surface area contributed by atoms with E-state index >= 15 is 0 Å². The number of halogens is 1. The second-order valence-corrected chi connectivity index (χ2v) is 11.6. The van der Waals surface area contributed by atoms with Crippen LogP contribution in [0, 0.1) is 0 Å². The first-order valence-corrected chi connectivity index (χ1v) is 12.8. The largest absolute Gasteiger partial charge is 0.252 e. The smallest absolute Gasteiger partial charge is 0.211 e. The fourth-order valence-corrected chi connectivity index (χ4v) is 7.18. The molecule has 1 saturated heterocycles. The normalized spacial score (nSPS) is 19.2. The molecule has 0 spiro atoms. The van der Waals surface area contributed by atoms with Crippen molar-refractivity contribution in [3.05, 3.63) is 46.8 Å². The minimum absolute atomic E-state index is 0.138. The first kappa shape index (κ1) is 20.8. The number of nitrogens with one attached hydrogen (secondary N) is 1. The summed E-state index contributed by atoms with van der Waals surface area (Å²) in [5.74, 6) is 0. The predicted octanol–water partition coefficient (Wildman–Crippen LogP) is 3.31. The zero-order valence-electron chi connectivity index (χ0n) is 14.5. The number of rotatable bonds is 7. The Kier molecular flexibility index (Phi) is 6.60. The standard InChI is InChI=1S/C17H21ClN2O4S3/c18-14-6-8-16(9-7-14)26(21,22)19-11-10-15-4-1-2-12-20(15)27(23,24)17-5-3-13-25-17/h3,5-9,13,15,19H,1-2,4,10-12H2. The third-order valence-corrected chi connectivity index (χ3v) is 9.58. The highest BCUT2D eigenvalue weighted by Gasteiger charge is 2.33. The van der Waals surface area contributed by atoms with Crippen LogP contribution in [-0.2, 0) is 20.0 Å². The Morgan fingerprint density at radius 3 is 2.52 bits per heavy atom. The molecule has 1 unspecified atom stereocenters. The zero-order valence-corrected chi connectivity index (χ0v) is 17.7. The van der Waals surface area contributed by atoms with Crippen molar-refractivity contribution < 1.29 is 16.8 Å². The number of hydrogen-bond acceptors (Lipinski definition) is 5. The highest BCUT2D eigenvalue weighted by atomic mass is 35.5. The van der Waals surface area contributed by atoms with E-state index in [0.29, 0.717) is 22.2 Å². The van der Waals surface area contributed by atoms with Gasteiger partial charge in [0.25, 0.3) is 10.0 Å². The molecule has 10 heteroatoms. The Hall–Kier alpha value is -0.970. The van der Waals surface area contributed by atoms with Gasteiger partial charge in [0.2, 0.25) is 10.0 Å². The van der Waals surface area contributed by atoms with Crippen molar-refractivity contribution >= 4 is 43.0 Å². The van der Waals surface area contributed by atoms with Gasteiger partial charge in [0.1, 0.15) is 4.21 Å². The second kappa shape index (κ2) is 8.59. The predicted molar refractivity (Wildman–Crippen MR) is 107 cm³/mol. The van der Waals surface area contributed by atoms with Gasteiger partial charge >= 0.3 is 0 Å². The molecule has 0 saturated carbocycles. The number of benzene rings is 1. The Morgan fingerprint density at radius 1 is 1.11 bits per heavy atom. The van der Waals surface area contributed by atoms with Crippen molar-refractivity contribution in [1.82, 2.24) is 9.03 Å². The van der Waals surface area contributed by atoms with Crippen LogP contribution in [-0.4, -0.2) is 40.3 Å². The van der Waals surface area contributed by atoms with Gasteiger partial charge < -0.3 is 0 Å². The van der Waals surface area contributed by atoms with E-state index in [1.54, 1.807) is 17.5 Å². The first-order chi connectivity index (χ1) is 12.8. The summed E-state index contributed by atoms with van der Waals surface area (Å²) in [4.78, 5) is 0.138. The summed E-state index contributed by atoms with van der Waals surface area (Å²) in [6.07, 6.45) is 2.91. The molecule has 1 aromatic heterocycles. The van der Waals surface area contributed by atoms with Crippen LogP contribution in [0.1, 0.15) is 25.7 Å². The van der Waals surface area contributed by atoms with E-state index in [0.717, 1.165) is 19.3 Å². The molecule has 3 rings (SSSR count). The lowest BCUT2D eigenvalue weighted by Gasteiger charge is -2.34. The van der Waals surface area contributed by atoms with Crippen LogP contribution in [0.25, 0.3) is 0 Å². The SMILES string of the molecule is O=S(=O)(NCCC1CCCCN1S(=O)(=O)c1cccs1)c1ccc(Cl)cc1. The molecule has 148 valence electrons. The van der Waals surface area contributed by atoms with Crippen molar-refractivity contribution in [2.75, 3.05) is 13.1 Å². The maximum Gasteiger partial charge on any atom is 0.252 e. The second-order valence-electron chi connectivity index (χ2n) is 6.34. The summed E-state index contributed by atoms with van der Waals surface area (Å²) in [6.45, 7) is 0.640. The fraction of sp³-hybridized carbons (Fsp3) is 0.412. The lowest BCUT2D eigenvalue weighted by atomic mass is 10.0. The van der Waals surface area contributed by atoms with Crippen LogP contribution in [0.15, 0.2) is 50.9 Å². The van der Waals surface area contributed by atoms with E-state index in [-0.39, 0.29) is 17.5 Å². The van der Waals surface area contributed by atoms with Crippen LogP contribution < -0.4 is 4.72 Å². The average Bonchev–Trinajstić information content (AvgIpc) is 3.18. The van der Waals surface area contributed by atoms with Crippen molar-refractivity contribution in [3.8, 4) is 0 Å². The zero-order chi connectivity index (χ0) is 19.5. The molecule has 1 aromatic carbocycles. The summed E-state index contributed by atoms with van der Waals surface area (Å²) in [5, 5.41) is 2.21. The molecule has 6 nitrogen and oxygen atoms in total. The Labute approximate surface area is 169 Å². The third-order valence-electron chi connectivity index (χ3n) is 4.52. The van der Waals surface area contributed by atoms with E-state index in [9.17, 15) is 16.8 Å². The quantitative estimate of drug-likeness (QED) is 0.704. The van der Waals surface area contributed by atoms with Crippen LogP contribution in [0.4, 0.5) is 0 Å². The van der Waals surface area contributed by atoms with Crippen molar-refractivity contribution in [2.24, 2.45) is 0 Å². The lowest BCUT2D eigenvalue weighted by molar-refractivity contribution is 0.242. The lowest BCUT2D eigenvalue weighted by Crippen LogP contribution is -2.44. The minimum Gasteiger partial charge on any atom is -0.211 e. The van der Waals surface area contributed by atoms with Gasteiger partial charge in [-0.05, 0) is 55.0 Å². The molecule has 2 heterocycles. The summed E-state index contributed by atoms with van der Waals surface area (Å²) in [6, 6.07) is 9.04.